The molecule has 0 aliphatic heterocycles. The second kappa shape index (κ2) is 5.14. The molecule has 15 heavy (non-hydrogen) atoms. The second-order valence-corrected chi connectivity index (χ2v) is 3.06. The van der Waals surface area contributed by atoms with Gasteiger partial charge in [0, 0.05) is 13.5 Å². The molecule has 2 amide bonds. The molecule has 4 nitrogen and oxygen atoms in total. The lowest BCUT2D eigenvalue weighted by molar-refractivity contribution is -0.132. The van der Waals surface area contributed by atoms with Crippen molar-refractivity contribution in [3.05, 3.63) is 30.3 Å². The fourth-order valence-electron chi connectivity index (χ4n) is 1.23. The van der Waals surface area contributed by atoms with Gasteiger partial charge in [-0.15, -0.1) is 0 Å². The monoisotopic (exact) mass is 206 g/mol. The summed E-state index contributed by atoms with van der Waals surface area (Å²) in [4.78, 5) is 22.3. The van der Waals surface area contributed by atoms with E-state index in [9.17, 15) is 9.59 Å². The number of benzene rings is 1. The van der Waals surface area contributed by atoms with Gasteiger partial charge in [0.05, 0.1) is 5.69 Å². The molecule has 1 aromatic carbocycles. The van der Waals surface area contributed by atoms with Crippen LogP contribution in [0.3, 0.4) is 0 Å². The standard InChI is InChI=1S/C11H14N2O2/c1-3-11(15)12(2)13(9-14)10-7-5-4-6-8-10/h4-9H,3H2,1-2H3. The third-order valence-electron chi connectivity index (χ3n) is 2.11. The summed E-state index contributed by atoms with van der Waals surface area (Å²) < 4.78 is 0. The van der Waals surface area contributed by atoms with Gasteiger partial charge >= 0.3 is 0 Å². The molecule has 0 unspecified atom stereocenters. The number of anilines is 1. The maximum absolute atomic E-state index is 11.4. The number of nitrogens with zero attached hydrogens (tertiary/aromatic N) is 2. The highest BCUT2D eigenvalue weighted by molar-refractivity contribution is 5.84. The van der Waals surface area contributed by atoms with Gasteiger partial charge in [0.25, 0.3) is 0 Å². The van der Waals surface area contributed by atoms with Crippen LogP contribution in [0.15, 0.2) is 30.3 Å². The maximum atomic E-state index is 11.4. The maximum Gasteiger partial charge on any atom is 0.240 e. The number of carbonyl (C=O) groups excluding carboxylic acids is 2. The quantitative estimate of drug-likeness (QED) is 0.552. The Hall–Kier alpha value is -1.84. The van der Waals surface area contributed by atoms with Crippen LogP contribution in [0.4, 0.5) is 5.69 Å². The van der Waals surface area contributed by atoms with Crippen molar-refractivity contribution in [2.24, 2.45) is 0 Å². The lowest BCUT2D eigenvalue weighted by atomic mass is 10.3. The Labute approximate surface area is 89.1 Å². The van der Waals surface area contributed by atoms with Crippen molar-refractivity contribution in [1.29, 1.82) is 0 Å². The minimum atomic E-state index is -0.106. The van der Waals surface area contributed by atoms with E-state index >= 15 is 0 Å². The lowest BCUT2D eigenvalue weighted by Gasteiger charge is -2.27. The van der Waals surface area contributed by atoms with E-state index < -0.39 is 0 Å². The van der Waals surface area contributed by atoms with Crippen molar-refractivity contribution < 1.29 is 9.59 Å². The number of amides is 2. The molecule has 1 aromatic rings. The molecule has 0 aliphatic carbocycles. The summed E-state index contributed by atoms with van der Waals surface area (Å²) in [5.74, 6) is -0.106. The predicted octanol–water partition coefficient (Wildman–Crippen LogP) is 1.43. The Morgan fingerprint density at radius 2 is 1.93 bits per heavy atom. The first-order valence-electron chi connectivity index (χ1n) is 4.76. The zero-order valence-corrected chi connectivity index (χ0v) is 8.88. The Morgan fingerprint density at radius 1 is 1.33 bits per heavy atom. The van der Waals surface area contributed by atoms with Crippen LogP contribution in [0.25, 0.3) is 0 Å². The first kappa shape index (κ1) is 11.2. The normalized spacial score (nSPS) is 9.47. The SMILES string of the molecule is CCC(=O)N(C)N(C=O)c1ccccc1. The summed E-state index contributed by atoms with van der Waals surface area (Å²) in [5, 5.41) is 2.59. The molecule has 0 fully saturated rings. The third-order valence-corrected chi connectivity index (χ3v) is 2.11. The van der Waals surface area contributed by atoms with Crippen molar-refractivity contribution in [3.8, 4) is 0 Å². The third kappa shape index (κ3) is 2.56. The molecule has 0 saturated carbocycles. The molecule has 0 bridgehead atoms. The number of carbonyl (C=O) groups is 2. The second-order valence-electron chi connectivity index (χ2n) is 3.06. The summed E-state index contributed by atoms with van der Waals surface area (Å²) in [6, 6.07) is 9.03. The fraction of sp³-hybridized carbons (Fsp3) is 0.273. The minimum absolute atomic E-state index is 0.106. The van der Waals surface area contributed by atoms with Crippen molar-refractivity contribution in [2.75, 3.05) is 12.1 Å². The van der Waals surface area contributed by atoms with Crippen LogP contribution in [0.5, 0.6) is 0 Å². The van der Waals surface area contributed by atoms with Crippen LogP contribution in [-0.4, -0.2) is 24.4 Å². The molecule has 0 radical (unpaired) electrons. The van der Waals surface area contributed by atoms with E-state index in [1.54, 1.807) is 26.1 Å². The first-order valence-corrected chi connectivity index (χ1v) is 4.76. The van der Waals surface area contributed by atoms with Gasteiger partial charge in [-0.3, -0.25) is 14.6 Å². The van der Waals surface area contributed by atoms with Crippen LogP contribution >= 0.6 is 0 Å². The van der Waals surface area contributed by atoms with Crippen molar-refractivity contribution >= 4 is 18.0 Å². The molecule has 80 valence electrons. The van der Waals surface area contributed by atoms with Crippen LogP contribution < -0.4 is 5.01 Å². The van der Waals surface area contributed by atoms with E-state index in [0.717, 1.165) is 0 Å². The summed E-state index contributed by atoms with van der Waals surface area (Å²) in [6.45, 7) is 1.76. The average molecular weight is 206 g/mol. The van der Waals surface area contributed by atoms with E-state index in [-0.39, 0.29) is 5.91 Å². The smallest absolute Gasteiger partial charge is 0.240 e. The Balaban J connectivity index is 2.89. The van der Waals surface area contributed by atoms with Gasteiger partial charge in [-0.1, -0.05) is 25.1 Å². The molecule has 0 saturated heterocycles. The zero-order valence-electron chi connectivity index (χ0n) is 8.88. The molecule has 4 heteroatoms. The van der Waals surface area contributed by atoms with E-state index in [2.05, 4.69) is 0 Å². The van der Waals surface area contributed by atoms with E-state index in [1.165, 1.54) is 10.0 Å². The molecule has 0 N–H and O–H groups in total. The van der Waals surface area contributed by atoms with Crippen molar-refractivity contribution in [3.63, 3.8) is 0 Å². The summed E-state index contributed by atoms with van der Waals surface area (Å²) in [6.07, 6.45) is 0.997. The highest BCUT2D eigenvalue weighted by atomic mass is 16.2. The van der Waals surface area contributed by atoms with E-state index in [1.807, 2.05) is 18.2 Å². The highest BCUT2D eigenvalue weighted by Gasteiger charge is 2.15. The van der Waals surface area contributed by atoms with Gasteiger partial charge in [0.15, 0.2) is 0 Å². The number of hydrogen-bond donors (Lipinski definition) is 0. The summed E-state index contributed by atoms with van der Waals surface area (Å²) in [7, 11) is 1.58. The molecule has 0 aliphatic rings. The highest BCUT2D eigenvalue weighted by Crippen LogP contribution is 2.13. The minimum Gasteiger partial charge on any atom is -0.276 e. The van der Waals surface area contributed by atoms with Crippen molar-refractivity contribution in [2.45, 2.75) is 13.3 Å². The Morgan fingerprint density at radius 3 is 2.40 bits per heavy atom. The van der Waals surface area contributed by atoms with Crippen molar-refractivity contribution in [1.82, 2.24) is 5.01 Å². The molecule has 0 spiro atoms. The molecule has 1 rings (SSSR count). The predicted molar refractivity (Wildman–Crippen MR) is 58.0 cm³/mol. The van der Waals surface area contributed by atoms with Gasteiger partial charge in [0.2, 0.25) is 12.3 Å². The molecular weight excluding hydrogens is 192 g/mol. The molecule has 0 aromatic heterocycles. The van der Waals surface area contributed by atoms with Crippen LogP contribution in [0.1, 0.15) is 13.3 Å². The fourth-order valence-corrected chi connectivity index (χ4v) is 1.23. The van der Waals surface area contributed by atoms with E-state index in [4.69, 9.17) is 0 Å². The van der Waals surface area contributed by atoms with Crippen LogP contribution in [-0.2, 0) is 9.59 Å². The molecular formula is C11H14N2O2. The first-order chi connectivity index (χ1) is 7.20. The number of para-hydroxylation sites is 1. The van der Waals surface area contributed by atoms with Gasteiger partial charge in [-0.2, -0.15) is 0 Å². The largest absolute Gasteiger partial charge is 0.276 e. The number of rotatable bonds is 4. The topological polar surface area (TPSA) is 40.6 Å². The van der Waals surface area contributed by atoms with Gasteiger partial charge in [-0.25, -0.2) is 5.01 Å². The summed E-state index contributed by atoms with van der Waals surface area (Å²) in [5.41, 5.74) is 0.678. The van der Waals surface area contributed by atoms with Gasteiger partial charge < -0.3 is 0 Å². The Bertz CT molecular complexity index is 338. The van der Waals surface area contributed by atoms with E-state index in [0.29, 0.717) is 18.5 Å². The van der Waals surface area contributed by atoms with Crippen LogP contribution in [0.2, 0.25) is 0 Å². The summed E-state index contributed by atoms with van der Waals surface area (Å²) >= 11 is 0. The number of hydrazine groups is 1. The molecule has 0 heterocycles. The van der Waals surface area contributed by atoms with Gasteiger partial charge in [0.1, 0.15) is 0 Å². The van der Waals surface area contributed by atoms with Crippen LogP contribution in [0, 0.1) is 0 Å². The Kier molecular flexibility index (Phi) is 3.85. The average Bonchev–Trinajstić information content (AvgIpc) is 2.30. The lowest BCUT2D eigenvalue weighted by Crippen LogP contribution is -2.42. The number of hydrogen-bond acceptors (Lipinski definition) is 2. The zero-order chi connectivity index (χ0) is 11.3. The van der Waals surface area contributed by atoms with Gasteiger partial charge in [-0.05, 0) is 12.1 Å². The molecule has 0 atom stereocenters.